The molecule has 0 aromatic heterocycles. The third-order valence-corrected chi connectivity index (χ3v) is 2.38. The first-order valence-electron chi connectivity index (χ1n) is 4.31. The van der Waals surface area contributed by atoms with Gasteiger partial charge in [-0.15, -0.1) is 0 Å². The Morgan fingerprint density at radius 1 is 1.42 bits per heavy atom. The van der Waals surface area contributed by atoms with Crippen LogP contribution in [0.1, 0.15) is 40.5 Å². The van der Waals surface area contributed by atoms with Gasteiger partial charge in [0.05, 0.1) is 0 Å². The predicted octanol–water partition coefficient (Wildman–Crippen LogP) is 2.32. The van der Waals surface area contributed by atoms with Crippen molar-refractivity contribution in [3.63, 3.8) is 0 Å². The lowest BCUT2D eigenvalue weighted by Gasteiger charge is -2.38. The van der Waals surface area contributed by atoms with Crippen molar-refractivity contribution >= 4 is 6.09 Å². The van der Waals surface area contributed by atoms with E-state index in [4.69, 9.17) is 5.11 Å². The predicted molar refractivity (Wildman–Crippen MR) is 47.3 cm³/mol. The minimum Gasteiger partial charge on any atom is -0.465 e. The van der Waals surface area contributed by atoms with E-state index >= 15 is 0 Å². The molecule has 0 atom stereocenters. The second-order valence-corrected chi connectivity index (χ2v) is 4.79. The molecule has 1 aliphatic rings. The van der Waals surface area contributed by atoms with Crippen molar-refractivity contribution < 1.29 is 9.90 Å². The second-order valence-electron chi connectivity index (χ2n) is 4.79. The third kappa shape index (κ3) is 1.54. The van der Waals surface area contributed by atoms with E-state index in [1.807, 2.05) is 27.7 Å². The van der Waals surface area contributed by atoms with Gasteiger partial charge < -0.3 is 5.11 Å². The van der Waals surface area contributed by atoms with Crippen LogP contribution in [0.2, 0.25) is 0 Å². The van der Waals surface area contributed by atoms with Gasteiger partial charge in [0.15, 0.2) is 0 Å². The van der Waals surface area contributed by atoms with Crippen molar-refractivity contribution in [2.45, 2.75) is 51.6 Å². The highest BCUT2D eigenvalue weighted by Gasteiger charge is 2.50. The van der Waals surface area contributed by atoms with E-state index < -0.39 is 6.09 Å². The van der Waals surface area contributed by atoms with Crippen LogP contribution in [0.4, 0.5) is 4.79 Å². The molecule has 1 N–H and O–H groups in total. The SMILES string of the molecule is CC(C)(C)N(C(=O)O)C1(C)CC1. The zero-order chi connectivity index (χ0) is 9.57. The monoisotopic (exact) mass is 171 g/mol. The Hall–Kier alpha value is -0.730. The van der Waals surface area contributed by atoms with E-state index in [0.717, 1.165) is 12.8 Å². The summed E-state index contributed by atoms with van der Waals surface area (Å²) in [5, 5.41) is 9.01. The first kappa shape index (κ1) is 9.36. The van der Waals surface area contributed by atoms with Crippen molar-refractivity contribution in [3.05, 3.63) is 0 Å². The average molecular weight is 171 g/mol. The van der Waals surface area contributed by atoms with Crippen LogP contribution in [-0.4, -0.2) is 27.2 Å². The minimum absolute atomic E-state index is 0.0932. The van der Waals surface area contributed by atoms with Crippen LogP contribution in [0, 0.1) is 0 Å². The highest BCUT2D eigenvalue weighted by atomic mass is 16.4. The maximum absolute atomic E-state index is 11.0. The molecule has 1 fully saturated rings. The van der Waals surface area contributed by atoms with Gasteiger partial charge in [-0.3, -0.25) is 4.90 Å². The van der Waals surface area contributed by atoms with E-state index in [9.17, 15) is 4.79 Å². The number of carboxylic acid groups (broad SMARTS) is 1. The molecular weight excluding hydrogens is 154 g/mol. The summed E-state index contributed by atoms with van der Waals surface area (Å²) in [6.07, 6.45) is 1.19. The fourth-order valence-electron chi connectivity index (χ4n) is 1.73. The van der Waals surface area contributed by atoms with Gasteiger partial charge in [-0.2, -0.15) is 0 Å². The van der Waals surface area contributed by atoms with Gasteiger partial charge in [0, 0.05) is 11.1 Å². The number of amides is 1. The van der Waals surface area contributed by atoms with E-state index in [1.165, 1.54) is 0 Å². The quantitative estimate of drug-likeness (QED) is 0.657. The molecule has 0 aromatic rings. The average Bonchev–Trinajstić information content (AvgIpc) is 2.41. The van der Waals surface area contributed by atoms with Crippen molar-refractivity contribution in [2.75, 3.05) is 0 Å². The van der Waals surface area contributed by atoms with Crippen molar-refractivity contribution in [2.24, 2.45) is 0 Å². The fraction of sp³-hybridized carbons (Fsp3) is 0.889. The summed E-state index contributed by atoms with van der Waals surface area (Å²) >= 11 is 0. The zero-order valence-corrected chi connectivity index (χ0v) is 8.22. The molecule has 1 aliphatic carbocycles. The Kier molecular flexibility index (Phi) is 1.85. The van der Waals surface area contributed by atoms with Gasteiger partial charge in [-0.25, -0.2) is 4.79 Å². The Bertz CT molecular complexity index is 196. The molecule has 1 saturated carbocycles. The third-order valence-electron chi connectivity index (χ3n) is 2.38. The van der Waals surface area contributed by atoms with Crippen LogP contribution in [0.5, 0.6) is 0 Å². The topological polar surface area (TPSA) is 40.5 Å². The largest absolute Gasteiger partial charge is 0.465 e. The molecule has 12 heavy (non-hydrogen) atoms. The van der Waals surface area contributed by atoms with Crippen molar-refractivity contribution in [3.8, 4) is 0 Å². The number of hydrogen-bond acceptors (Lipinski definition) is 1. The molecule has 1 rings (SSSR count). The fourth-order valence-corrected chi connectivity index (χ4v) is 1.73. The number of nitrogens with zero attached hydrogens (tertiary/aromatic N) is 1. The van der Waals surface area contributed by atoms with E-state index in [0.29, 0.717) is 0 Å². The van der Waals surface area contributed by atoms with Crippen molar-refractivity contribution in [1.82, 2.24) is 4.90 Å². The standard InChI is InChI=1S/C9H17NO2/c1-8(2,3)10(7(11)12)9(4)5-6-9/h5-6H2,1-4H3,(H,11,12). The van der Waals surface area contributed by atoms with Gasteiger partial charge >= 0.3 is 6.09 Å². The molecule has 1 amide bonds. The van der Waals surface area contributed by atoms with Crippen LogP contribution in [0.25, 0.3) is 0 Å². The smallest absolute Gasteiger partial charge is 0.408 e. The summed E-state index contributed by atoms with van der Waals surface area (Å²) in [5.41, 5.74) is -0.374. The highest BCUT2D eigenvalue weighted by Crippen LogP contribution is 2.44. The van der Waals surface area contributed by atoms with Crippen LogP contribution in [0.15, 0.2) is 0 Å². The first-order chi connectivity index (χ1) is 5.27. The Morgan fingerprint density at radius 3 is 1.92 bits per heavy atom. The summed E-state index contributed by atoms with van der Waals surface area (Å²) in [7, 11) is 0. The molecule has 0 heterocycles. The molecule has 3 nitrogen and oxygen atoms in total. The normalized spacial score (nSPS) is 20.3. The lowest BCUT2D eigenvalue weighted by molar-refractivity contribution is 0.0671. The summed E-state index contributed by atoms with van der Waals surface area (Å²) < 4.78 is 0. The maximum atomic E-state index is 11.0. The molecule has 0 aromatic carbocycles. The Morgan fingerprint density at radius 2 is 1.83 bits per heavy atom. The van der Waals surface area contributed by atoms with Gasteiger partial charge in [-0.05, 0) is 40.5 Å². The number of carbonyl (C=O) groups is 1. The molecule has 0 unspecified atom stereocenters. The molecule has 0 saturated heterocycles. The zero-order valence-electron chi connectivity index (χ0n) is 8.22. The van der Waals surface area contributed by atoms with Crippen LogP contribution in [-0.2, 0) is 0 Å². The summed E-state index contributed by atoms with van der Waals surface area (Å²) in [6, 6.07) is 0. The first-order valence-corrected chi connectivity index (χ1v) is 4.31. The van der Waals surface area contributed by atoms with E-state index in [2.05, 4.69) is 0 Å². The molecule has 70 valence electrons. The number of hydrogen-bond donors (Lipinski definition) is 1. The number of rotatable bonds is 1. The summed E-state index contributed by atoms with van der Waals surface area (Å²) in [6.45, 7) is 7.81. The summed E-state index contributed by atoms with van der Waals surface area (Å²) in [4.78, 5) is 12.5. The summed E-state index contributed by atoms with van der Waals surface area (Å²) in [5.74, 6) is 0. The van der Waals surface area contributed by atoms with Gasteiger partial charge in [0.2, 0.25) is 0 Å². The Balaban J connectivity index is 2.83. The Labute approximate surface area is 73.4 Å². The van der Waals surface area contributed by atoms with E-state index in [-0.39, 0.29) is 11.1 Å². The van der Waals surface area contributed by atoms with Gasteiger partial charge in [-0.1, -0.05) is 0 Å². The van der Waals surface area contributed by atoms with Crippen LogP contribution < -0.4 is 0 Å². The molecule has 0 radical (unpaired) electrons. The lowest BCUT2D eigenvalue weighted by Crippen LogP contribution is -2.51. The molecule has 0 aliphatic heterocycles. The van der Waals surface area contributed by atoms with Crippen LogP contribution in [0.3, 0.4) is 0 Å². The van der Waals surface area contributed by atoms with Gasteiger partial charge in [0.1, 0.15) is 0 Å². The van der Waals surface area contributed by atoms with E-state index in [1.54, 1.807) is 4.90 Å². The lowest BCUT2D eigenvalue weighted by atomic mass is 10.0. The van der Waals surface area contributed by atoms with Crippen molar-refractivity contribution in [1.29, 1.82) is 0 Å². The van der Waals surface area contributed by atoms with Crippen LogP contribution >= 0.6 is 0 Å². The van der Waals surface area contributed by atoms with Gasteiger partial charge in [0.25, 0.3) is 0 Å². The molecule has 0 spiro atoms. The maximum Gasteiger partial charge on any atom is 0.408 e. The second kappa shape index (κ2) is 2.38. The molecular formula is C9H17NO2. The molecule has 0 bridgehead atoms. The molecule has 3 heteroatoms. The highest BCUT2D eigenvalue weighted by molar-refractivity contribution is 5.67. The minimum atomic E-state index is -0.803.